The van der Waals surface area contributed by atoms with E-state index in [2.05, 4.69) is 22.9 Å². The highest BCUT2D eigenvalue weighted by molar-refractivity contribution is 5.73. The zero-order valence-corrected chi connectivity index (χ0v) is 14.3. The lowest BCUT2D eigenvalue weighted by Gasteiger charge is -2.08. The van der Waals surface area contributed by atoms with Gasteiger partial charge in [-0.1, -0.05) is 13.3 Å². The standard InChI is InChI=1S/C15H31N3O5/c1-3-4-5-17-15(20)18-7-9-22-11-13-23-12-10-21-8-6-16-14(2)19/h3-13H2,1-2H3,(H,16,19)(H2,17,18,20). The van der Waals surface area contributed by atoms with Crippen LogP contribution >= 0.6 is 0 Å². The van der Waals surface area contributed by atoms with Crippen LogP contribution in [0.25, 0.3) is 0 Å². The highest BCUT2D eigenvalue weighted by Crippen LogP contribution is 1.83. The van der Waals surface area contributed by atoms with Crippen molar-refractivity contribution >= 4 is 11.9 Å². The number of hydrogen-bond donors (Lipinski definition) is 3. The molecule has 0 saturated carbocycles. The van der Waals surface area contributed by atoms with Gasteiger partial charge >= 0.3 is 6.03 Å². The molecule has 3 amide bonds. The van der Waals surface area contributed by atoms with E-state index < -0.39 is 0 Å². The minimum Gasteiger partial charge on any atom is -0.377 e. The number of ether oxygens (including phenoxy) is 3. The summed E-state index contributed by atoms with van der Waals surface area (Å²) in [5.41, 5.74) is 0. The Kier molecular flexibility index (Phi) is 16.0. The maximum Gasteiger partial charge on any atom is 0.314 e. The maximum atomic E-state index is 11.3. The first kappa shape index (κ1) is 21.6. The Labute approximate surface area is 138 Å². The molecule has 0 aromatic heterocycles. The minimum atomic E-state index is -0.158. The number of amides is 3. The van der Waals surface area contributed by atoms with Gasteiger partial charge in [0.15, 0.2) is 0 Å². The third-order valence-corrected chi connectivity index (χ3v) is 2.71. The van der Waals surface area contributed by atoms with Crippen LogP contribution in [0, 0.1) is 0 Å². The molecule has 0 saturated heterocycles. The molecule has 0 aromatic carbocycles. The molecular formula is C15H31N3O5. The smallest absolute Gasteiger partial charge is 0.314 e. The molecule has 0 spiro atoms. The lowest BCUT2D eigenvalue weighted by Crippen LogP contribution is -2.37. The third-order valence-electron chi connectivity index (χ3n) is 2.71. The summed E-state index contributed by atoms with van der Waals surface area (Å²) in [6, 6.07) is -0.158. The normalized spacial score (nSPS) is 10.3. The van der Waals surface area contributed by atoms with Crippen molar-refractivity contribution in [2.75, 3.05) is 59.3 Å². The molecule has 0 rings (SSSR count). The average molecular weight is 333 g/mol. The lowest BCUT2D eigenvalue weighted by atomic mass is 10.3. The van der Waals surface area contributed by atoms with Crippen molar-refractivity contribution in [3.63, 3.8) is 0 Å². The van der Waals surface area contributed by atoms with Crippen LogP contribution in [0.15, 0.2) is 0 Å². The predicted octanol–water partition coefficient (Wildman–Crippen LogP) is 0.272. The molecule has 0 atom stereocenters. The summed E-state index contributed by atoms with van der Waals surface area (Å²) < 4.78 is 15.9. The van der Waals surface area contributed by atoms with Gasteiger partial charge in [0, 0.05) is 26.6 Å². The number of hydrogen-bond acceptors (Lipinski definition) is 5. The number of urea groups is 1. The largest absolute Gasteiger partial charge is 0.377 e. The Morgan fingerprint density at radius 3 is 1.74 bits per heavy atom. The van der Waals surface area contributed by atoms with Crippen LogP contribution in [-0.4, -0.2) is 71.2 Å². The van der Waals surface area contributed by atoms with Crippen LogP contribution in [0.1, 0.15) is 26.7 Å². The monoisotopic (exact) mass is 333 g/mol. The zero-order chi connectivity index (χ0) is 17.2. The second-order valence-corrected chi connectivity index (χ2v) is 4.86. The second kappa shape index (κ2) is 17.0. The molecule has 0 fully saturated rings. The van der Waals surface area contributed by atoms with E-state index in [9.17, 15) is 9.59 Å². The van der Waals surface area contributed by atoms with Crippen molar-refractivity contribution < 1.29 is 23.8 Å². The number of unbranched alkanes of at least 4 members (excludes halogenated alkanes) is 1. The Balaban J connectivity index is 3.10. The van der Waals surface area contributed by atoms with Crippen molar-refractivity contribution in [1.82, 2.24) is 16.0 Å². The molecule has 136 valence electrons. The highest BCUT2D eigenvalue weighted by Gasteiger charge is 1.97. The van der Waals surface area contributed by atoms with Gasteiger partial charge < -0.3 is 30.2 Å². The molecule has 0 aliphatic heterocycles. The number of carbonyl (C=O) groups is 2. The molecule has 0 radical (unpaired) electrons. The van der Waals surface area contributed by atoms with Crippen molar-refractivity contribution in [2.24, 2.45) is 0 Å². The van der Waals surface area contributed by atoms with Gasteiger partial charge in [-0.05, 0) is 6.42 Å². The van der Waals surface area contributed by atoms with Crippen LogP contribution in [0.5, 0.6) is 0 Å². The first-order chi connectivity index (χ1) is 11.2. The van der Waals surface area contributed by atoms with Crippen LogP contribution < -0.4 is 16.0 Å². The summed E-state index contributed by atoms with van der Waals surface area (Å²) in [5, 5.41) is 8.12. The molecule has 0 aromatic rings. The molecule has 3 N–H and O–H groups in total. The number of nitrogens with one attached hydrogen (secondary N) is 3. The SMILES string of the molecule is CCCCNC(=O)NCCOCCOCCOCCNC(C)=O. The fourth-order valence-corrected chi connectivity index (χ4v) is 1.52. The van der Waals surface area contributed by atoms with Crippen LogP contribution in [0.4, 0.5) is 4.79 Å². The Morgan fingerprint density at radius 2 is 1.22 bits per heavy atom. The molecule has 0 bridgehead atoms. The van der Waals surface area contributed by atoms with Gasteiger partial charge in [-0.2, -0.15) is 0 Å². The Hall–Kier alpha value is -1.38. The summed E-state index contributed by atoms with van der Waals surface area (Å²) in [5.74, 6) is -0.0603. The van der Waals surface area contributed by atoms with E-state index in [4.69, 9.17) is 14.2 Å². The predicted molar refractivity (Wildman–Crippen MR) is 87.5 cm³/mol. The molecule has 8 nitrogen and oxygen atoms in total. The van der Waals surface area contributed by atoms with Crippen molar-refractivity contribution in [3.05, 3.63) is 0 Å². The van der Waals surface area contributed by atoms with Gasteiger partial charge in [0.25, 0.3) is 0 Å². The van der Waals surface area contributed by atoms with Gasteiger partial charge in [-0.25, -0.2) is 4.79 Å². The molecular weight excluding hydrogens is 302 g/mol. The fourth-order valence-electron chi connectivity index (χ4n) is 1.52. The number of rotatable bonds is 15. The molecule has 8 heteroatoms. The third kappa shape index (κ3) is 18.6. The summed E-state index contributed by atoms with van der Waals surface area (Å²) >= 11 is 0. The number of carbonyl (C=O) groups excluding carboxylic acids is 2. The lowest BCUT2D eigenvalue weighted by molar-refractivity contribution is -0.119. The van der Waals surface area contributed by atoms with Crippen LogP contribution in [-0.2, 0) is 19.0 Å². The van der Waals surface area contributed by atoms with E-state index in [1.54, 1.807) is 0 Å². The average Bonchev–Trinajstić information content (AvgIpc) is 2.51. The maximum absolute atomic E-state index is 11.3. The van der Waals surface area contributed by atoms with E-state index in [1.165, 1.54) is 6.92 Å². The van der Waals surface area contributed by atoms with E-state index >= 15 is 0 Å². The molecule has 0 aliphatic carbocycles. The molecule has 0 aliphatic rings. The zero-order valence-electron chi connectivity index (χ0n) is 14.3. The highest BCUT2D eigenvalue weighted by atomic mass is 16.5. The fraction of sp³-hybridized carbons (Fsp3) is 0.867. The van der Waals surface area contributed by atoms with Crippen molar-refractivity contribution in [3.8, 4) is 0 Å². The molecule has 0 heterocycles. The van der Waals surface area contributed by atoms with Crippen LogP contribution in [0.2, 0.25) is 0 Å². The van der Waals surface area contributed by atoms with Gasteiger partial charge in [0.2, 0.25) is 5.91 Å². The summed E-state index contributed by atoms with van der Waals surface area (Å²) in [7, 11) is 0. The Bertz CT molecular complexity index is 303. The Morgan fingerprint density at radius 1 is 0.739 bits per heavy atom. The molecule has 0 unspecified atom stereocenters. The van der Waals surface area contributed by atoms with Crippen molar-refractivity contribution in [2.45, 2.75) is 26.7 Å². The van der Waals surface area contributed by atoms with Gasteiger partial charge in [-0.3, -0.25) is 4.79 Å². The first-order valence-corrected chi connectivity index (χ1v) is 8.16. The second-order valence-electron chi connectivity index (χ2n) is 4.86. The first-order valence-electron chi connectivity index (χ1n) is 8.16. The van der Waals surface area contributed by atoms with Gasteiger partial charge in [-0.15, -0.1) is 0 Å². The van der Waals surface area contributed by atoms with Gasteiger partial charge in [0.1, 0.15) is 0 Å². The van der Waals surface area contributed by atoms with E-state index in [0.29, 0.717) is 59.3 Å². The summed E-state index contributed by atoms with van der Waals surface area (Å²) in [6.07, 6.45) is 2.04. The van der Waals surface area contributed by atoms with Crippen molar-refractivity contribution in [1.29, 1.82) is 0 Å². The van der Waals surface area contributed by atoms with E-state index in [-0.39, 0.29) is 11.9 Å². The molecule has 23 heavy (non-hydrogen) atoms. The van der Waals surface area contributed by atoms with Gasteiger partial charge in [0.05, 0.1) is 39.6 Å². The topological polar surface area (TPSA) is 97.9 Å². The van der Waals surface area contributed by atoms with E-state index in [0.717, 1.165) is 12.8 Å². The minimum absolute atomic E-state index is 0.0603. The summed E-state index contributed by atoms with van der Waals surface area (Å²) in [4.78, 5) is 21.9. The van der Waals surface area contributed by atoms with E-state index in [1.807, 2.05) is 0 Å². The quantitative estimate of drug-likeness (QED) is 0.374. The van der Waals surface area contributed by atoms with Crippen LogP contribution in [0.3, 0.4) is 0 Å². The summed E-state index contributed by atoms with van der Waals surface area (Å²) in [6.45, 7) is 8.10.